The van der Waals surface area contributed by atoms with Gasteiger partial charge in [0.25, 0.3) is 0 Å². The predicted molar refractivity (Wildman–Crippen MR) is 86.0 cm³/mol. The van der Waals surface area contributed by atoms with Gasteiger partial charge in [-0.25, -0.2) is 0 Å². The Balaban J connectivity index is 2.04. The van der Waals surface area contributed by atoms with Crippen LogP contribution in [0.15, 0.2) is 72.9 Å². The summed E-state index contributed by atoms with van der Waals surface area (Å²) in [6, 6.07) is 22.4. The molecule has 2 heteroatoms. The van der Waals surface area contributed by atoms with Crippen LogP contribution in [-0.4, -0.2) is 9.97 Å². The molecule has 0 N–H and O–H groups in total. The minimum Gasteiger partial charge on any atom is -0.260 e. The molecule has 3 rings (SSSR count). The number of rotatable bonds is 3. The van der Waals surface area contributed by atoms with Crippen LogP contribution in [0.5, 0.6) is 0 Å². The Morgan fingerprint density at radius 1 is 0.714 bits per heavy atom. The highest BCUT2D eigenvalue weighted by Gasteiger charge is 2.26. The number of benzene rings is 1. The summed E-state index contributed by atoms with van der Waals surface area (Å²) in [6.07, 6.45) is 1.83. The molecule has 2 aromatic heterocycles. The van der Waals surface area contributed by atoms with Crippen LogP contribution in [0.4, 0.5) is 0 Å². The van der Waals surface area contributed by atoms with Crippen LogP contribution < -0.4 is 0 Å². The molecule has 0 saturated carbocycles. The lowest BCUT2D eigenvalue weighted by atomic mass is 9.84. The van der Waals surface area contributed by atoms with E-state index in [2.05, 4.69) is 49.2 Å². The van der Waals surface area contributed by atoms with Crippen molar-refractivity contribution in [3.63, 3.8) is 0 Å². The van der Waals surface area contributed by atoms with Crippen molar-refractivity contribution in [2.75, 3.05) is 0 Å². The fourth-order valence-corrected chi connectivity index (χ4v) is 2.42. The molecular formula is C19H18N2. The molecule has 0 atom stereocenters. The number of nitrogens with zero attached hydrogens (tertiary/aromatic N) is 2. The molecule has 0 spiro atoms. The van der Waals surface area contributed by atoms with E-state index in [9.17, 15) is 0 Å². The average Bonchev–Trinajstić information content (AvgIpc) is 2.57. The third-order valence-electron chi connectivity index (χ3n) is 3.76. The van der Waals surface area contributed by atoms with E-state index in [-0.39, 0.29) is 5.41 Å². The van der Waals surface area contributed by atoms with Gasteiger partial charge in [0.05, 0.1) is 17.1 Å². The van der Waals surface area contributed by atoms with Gasteiger partial charge in [0, 0.05) is 17.2 Å². The second kappa shape index (κ2) is 5.49. The molecular weight excluding hydrogens is 256 g/mol. The van der Waals surface area contributed by atoms with Crippen LogP contribution in [0.25, 0.3) is 11.3 Å². The summed E-state index contributed by atoms with van der Waals surface area (Å²) in [4.78, 5) is 9.34. The van der Waals surface area contributed by atoms with Crippen LogP contribution in [0, 0.1) is 0 Å². The van der Waals surface area contributed by atoms with Crippen LogP contribution in [0.3, 0.4) is 0 Å². The van der Waals surface area contributed by atoms with Gasteiger partial charge in [-0.15, -0.1) is 0 Å². The second-order valence-electron chi connectivity index (χ2n) is 5.61. The highest BCUT2D eigenvalue weighted by molar-refractivity contribution is 5.59. The highest BCUT2D eigenvalue weighted by atomic mass is 14.8. The molecule has 0 amide bonds. The Bertz CT molecular complexity index is 719. The molecule has 104 valence electrons. The van der Waals surface area contributed by atoms with Gasteiger partial charge in [-0.3, -0.25) is 9.97 Å². The van der Waals surface area contributed by atoms with Gasteiger partial charge >= 0.3 is 0 Å². The van der Waals surface area contributed by atoms with Crippen molar-refractivity contribution in [3.8, 4) is 11.3 Å². The lowest BCUT2D eigenvalue weighted by Gasteiger charge is -2.24. The number of pyridine rings is 2. The topological polar surface area (TPSA) is 25.8 Å². The van der Waals surface area contributed by atoms with E-state index in [1.165, 1.54) is 0 Å². The fraction of sp³-hybridized carbons (Fsp3) is 0.158. The first-order valence-electron chi connectivity index (χ1n) is 7.12. The first kappa shape index (κ1) is 13.5. The van der Waals surface area contributed by atoms with E-state index in [1.54, 1.807) is 0 Å². The number of hydrogen-bond acceptors (Lipinski definition) is 2. The van der Waals surface area contributed by atoms with Gasteiger partial charge < -0.3 is 0 Å². The van der Waals surface area contributed by atoms with Crippen LogP contribution in [0.2, 0.25) is 0 Å². The van der Waals surface area contributed by atoms with Crippen molar-refractivity contribution in [1.82, 2.24) is 9.97 Å². The van der Waals surface area contributed by atoms with E-state index in [4.69, 9.17) is 4.98 Å². The zero-order valence-corrected chi connectivity index (χ0v) is 12.3. The van der Waals surface area contributed by atoms with Gasteiger partial charge in [0.15, 0.2) is 0 Å². The lowest BCUT2D eigenvalue weighted by molar-refractivity contribution is 0.596. The van der Waals surface area contributed by atoms with E-state index < -0.39 is 0 Å². The van der Waals surface area contributed by atoms with Crippen molar-refractivity contribution in [2.45, 2.75) is 19.3 Å². The normalized spacial score (nSPS) is 11.3. The zero-order chi connectivity index (χ0) is 14.7. The lowest BCUT2D eigenvalue weighted by Crippen LogP contribution is -2.22. The molecule has 0 aliphatic rings. The van der Waals surface area contributed by atoms with Crippen molar-refractivity contribution in [3.05, 3.63) is 84.3 Å². The van der Waals surface area contributed by atoms with Crippen molar-refractivity contribution in [2.24, 2.45) is 0 Å². The largest absolute Gasteiger partial charge is 0.260 e. The summed E-state index contributed by atoms with van der Waals surface area (Å²) in [5.41, 5.74) is 3.98. The Hall–Kier alpha value is -2.48. The molecule has 0 aliphatic heterocycles. The summed E-state index contributed by atoms with van der Waals surface area (Å²) < 4.78 is 0. The van der Waals surface area contributed by atoms with E-state index >= 15 is 0 Å². The molecule has 0 saturated heterocycles. The molecule has 0 fully saturated rings. The molecule has 1 aromatic carbocycles. The third kappa shape index (κ3) is 2.70. The van der Waals surface area contributed by atoms with Crippen molar-refractivity contribution >= 4 is 0 Å². The maximum absolute atomic E-state index is 4.85. The quantitative estimate of drug-likeness (QED) is 0.704. The number of hydrogen-bond donors (Lipinski definition) is 0. The second-order valence-corrected chi connectivity index (χ2v) is 5.61. The van der Waals surface area contributed by atoms with Crippen LogP contribution in [-0.2, 0) is 5.41 Å². The zero-order valence-electron chi connectivity index (χ0n) is 12.3. The molecule has 21 heavy (non-hydrogen) atoms. The predicted octanol–water partition coefficient (Wildman–Crippen LogP) is 4.47. The van der Waals surface area contributed by atoms with Gasteiger partial charge in [0.2, 0.25) is 0 Å². The smallest absolute Gasteiger partial charge is 0.0705 e. The molecule has 0 bridgehead atoms. The standard InChI is InChI=1S/C19H18N2/c1-19(2,17-12-6-7-14-20-17)18-13-8-11-16(21-18)15-9-4-3-5-10-15/h3-14H,1-2H3. The Labute approximate surface area is 125 Å². The van der Waals surface area contributed by atoms with E-state index in [0.717, 1.165) is 22.6 Å². The first-order chi connectivity index (χ1) is 10.2. The van der Waals surface area contributed by atoms with Crippen LogP contribution in [0.1, 0.15) is 25.2 Å². The SMILES string of the molecule is CC(C)(c1ccccn1)c1cccc(-c2ccccc2)n1. The summed E-state index contributed by atoms with van der Waals surface area (Å²) in [5.74, 6) is 0. The molecule has 0 radical (unpaired) electrons. The highest BCUT2D eigenvalue weighted by Crippen LogP contribution is 2.29. The van der Waals surface area contributed by atoms with Crippen molar-refractivity contribution < 1.29 is 0 Å². The van der Waals surface area contributed by atoms with E-state index in [0.29, 0.717) is 0 Å². The minimum absolute atomic E-state index is 0.216. The van der Waals surface area contributed by atoms with Crippen molar-refractivity contribution in [1.29, 1.82) is 0 Å². The van der Waals surface area contributed by atoms with Gasteiger partial charge in [-0.2, -0.15) is 0 Å². The van der Waals surface area contributed by atoms with E-state index in [1.807, 2.05) is 42.6 Å². The van der Waals surface area contributed by atoms with Crippen LogP contribution >= 0.6 is 0 Å². The summed E-state index contributed by atoms with van der Waals surface area (Å²) in [5, 5.41) is 0. The summed E-state index contributed by atoms with van der Waals surface area (Å²) in [7, 11) is 0. The Morgan fingerprint density at radius 3 is 2.14 bits per heavy atom. The Morgan fingerprint density at radius 2 is 1.43 bits per heavy atom. The summed E-state index contributed by atoms with van der Waals surface area (Å²) >= 11 is 0. The maximum Gasteiger partial charge on any atom is 0.0705 e. The summed E-state index contributed by atoms with van der Waals surface area (Å²) in [6.45, 7) is 4.32. The Kier molecular flexibility index (Phi) is 3.53. The van der Waals surface area contributed by atoms with Gasteiger partial charge in [-0.05, 0) is 38.1 Å². The molecule has 2 nitrogen and oxygen atoms in total. The number of aromatic nitrogens is 2. The third-order valence-corrected chi connectivity index (χ3v) is 3.76. The molecule has 2 heterocycles. The van der Waals surface area contributed by atoms with Gasteiger partial charge in [0.1, 0.15) is 0 Å². The van der Waals surface area contributed by atoms with Gasteiger partial charge in [-0.1, -0.05) is 42.5 Å². The molecule has 0 aliphatic carbocycles. The first-order valence-corrected chi connectivity index (χ1v) is 7.12. The fourth-order valence-electron chi connectivity index (χ4n) is 2.42. The monoisotopic (exact) mass is 274 g/mol. The molecule has 0 unspecified atom stereocenters. The average molecular weight is 274 g/mol. The maximum atomic E-state index is 4.85. The minimum atomic E-state index is -0.216. The molecule has 3 aromatic rings.